The van der Waals surface area contributed by atoms with Crippen molar-refractivity contribution in [2.45, 2.75) is 119 Å². The fourth-order valence-electron chi connectivity index (χ4n) is 12.0. The molecule has 0 saturated heterocycles. The molecule has 11 atom stereocenters. The Hall–Kier alpha value is -2.43. The van der Waals surface area contributed by atoms with E-state index in [0.29, 0.717) is 30.7 Å². The Kier molecular flexibility index (Phi) is 7.57. The van der Waals surface area contributed by atoms with Crippen LogP contribution < -0.4 is 5.32 Å². The number of rotatable bonds is 4. The molecule has 0 bridgehead atoms. The second-order valence-electron chi connectivity index (χ2n) is 16.9. The number of esters is 1. The van der Waals surface area contributed by atoms with Gasteiger partial charge in [-0.25, -0.2) is 0 Å². The molecular formula is C39H55NO4. The average Bonchev–Trinajstić information content (AvgIpc) is 2.97. The Labute approximate surface area is 265 Å². The van der Waals surface area contributed by atoms with Gasteiger partial charge in [-0.05, 0) is 115 Å². The lowest BCUT2D eigenvalue weighted by Gasteiger charge is -2.70. The molecule has 5 nitrogen and oxygen atoms in total. The molecule has 1 aromatic carbocycles. The van der Waals surface area contributed by atoms with Crippen molar-refractivity contribution in [3.63, 3.8) is 0 Å². The number of amides is 1. The highest BCUT2D eigenvalue weighted by molar-refractivity contribution is 5.96. The number of carbonyl (C=O) groups is 3. The van der Waals surface area contributed by atoms with Gasteiger partial charge < -0.3 is 10.1 Å². The fourth-order valence-corrected chi connectivity index (χ4v) is 12.0. The lowest BCUT2D eigenvalue weighted by atomic mass is 9.33. The zero-order valence-electron chi connectivity index (χ0n) is 28.4. The lowest BCUT2D eigenvalue weighted by Crippen LogP contribution is -2.69. The average molecular weight is 602 g/mol. The van der Waals surface area contributed by atoms with Crippen LogP contribution in [0.15, 0.2) is 42.0 Å². The molecule has 0 spiro atoms. The third-order valence-electron chi connectivity index (χ3n) is 14.8. The van der Waals surface area contributed by atoms with E-state index in [2.05, 4.69) is 52.9 Å². The van der Waals surface area contributed by atoms with Crippen LogP contribution >= 0.6 is 0 Å². The summed E-state index contributed by atoms with van der Waals surface area (Å²) < 4.78 is 5.96. The van der Waals surface area contributed by atoms with Crippen LogP contribution in [0.2, 0.25) is 0 Å². The highest BCUT2D eigenvalue weighted by Gasteiger charge is 2.72. The van der Waals surface area contributed by atoms with Crippen LogP contribution in [0.1, 0.15) is 112 Å². The van der Waals surface area contributed by atoms with Gasteiger partial charge in [0.25, 0.3) is 0 Å². The maximum atomic E-state index is 14.7. The number of nitrogens with one attached hydrogen (secondary N) is 1. The van der Waals surface area contributed by atoms with Crippen LogP contribution in [0.25, 0.3) is 0 Å². The molecule has 0 radical (unpaired) electrons. The number of fused-ring (bicyclic) bond motifs is 7. The molecule has 5 heteroatoms. The van der Waals surface area contributed by atoms with E-state index in [-0.39, 0.29) is 51.2 Å². The van der Waals surface area contributed by atoms with Crippen molar-refractivity contribution in [3.05, 3.63) is 47.5 Å². The van der Waals surface area contributed by atoms with Gasteiger partial charge in [0.2, 0.25) is 5.91 Å². The summed E-state index contributed by atoms with van der Waals surface area (Å²) in [5.41, 5.74) is 1.19. The Morgan fingerprint density at radius 3 is 2.30 bits per heavy atom. The van der Waals surface area contributed by atoms with E-state index in [1.807, 2.05) is 37.3 Å². The van der Waals surface area contributed by atoms with Crippen LogP contribution in [-0.2, 0) is 25.7 Å². The summed E-state index contributed by atoms with van der Waals surface area (Å²) in [7, 11) is 0. The highest BCUT2D eigenvalue weighted by atomic mass is 16.5. The maximum absolute atomic E-state index is 14.7. The van der Waals surface area contributed by atoms with Crippen LogP contribution in [0.3, 0.4) is 0 Å². The molecule has 3 unspecified atom stereocenters. The van der Waals surface area contributed by atoms with Crippen molar-refractivity contribution in [1.29, 1.82) is 0 Å². The van der Waals surface area contributed by atoms with E-state index in [9.17, 15) is 14.4 Å². The number of carbonyl (C=O) groups excluding carboxylic acids is 3. The Morgan fingerprint density at radius 2 is 1.61 bits per heavy atom. The van der Waals surface area contributed by atoms with Gasteiger partial charge in [0.05, 0.1) is 5.41 Å². The van der Waals surface area contributed by atoms with Crippen molar-refractivity contribution < 1.29 is 19.1 Å². The molecule has 5 aliphatic rings. The van der Waals surface area contributed by atoms with Crippen molar-refractivity contribution in [1.82, 2.24) is 5.32 Å². The minimum Gasteiger partial charge on any atom is -0.461 e. The van der Waals surface area contributed by atoms with E-state index in [4.69, 9.17) is 4.74 Å². The topological polar surface area (TPSA) is 72.5 Å². The van der Waals surface area contributed by atoms with Gasteiger partial charge in [-0.2, -0.15) is 0 Å². The van der Waals surface area contributed by atoms with Gasteiger partial charge in [0.15, 0.2) is 5.78 Å². The second-order valence-corrected chi connectivity index (χ2v) is 16.9. The third kappa shape index (κ3) is 4.33. The summed E-state index contributed by atoms with van der Waals surface area (Å²) in [6.45, 7) is 18.4. The van der Waals surface area contributed by atoms with Crippen LogP contribution in [-0.4, -0.2) is 23.8 Å². The quantitative estimate of drug-likeness (QED) is 0.354. The molecule has 0 aromatic heterocycles. The number of benzene rings is 1. The highest BCUT2D eigenvalue weighted by Crippen LogP contribution is 2.75. The van der Waals surface area contributed by atoms with Gasteiger partial charge in [0, 0.05) is 19.4 Å². The smallest absolute Gasteiger partial charge is 0.302 e. The van der Waals surface area contributed by atoms with Crippen molar-refractivity contribution >= 4 is 17.7 Å². The van der Waals surface area contributed by atoms with E-state index < -0.39 is 11.5 Å². The van der Waals surface area contributed by atoms with Crippen LogP contribution in [0.5, 0.6) is 0 Å². The number of ketones is 1. The molecule has 1 amide bonds. The third-order valence-corrected chi connectivity index (χ3v) is 14.8. The predicted octanol–water partition coefficient (Wildman–Crippen LogP) is 8.07. The van der Waals surface area contributed by atoms with Crippen molar-refractivity contribution in [3.8, 4) is 0 Å². The zero-order chi connectivity index (χ0) is 31.9. The van der Waals surface area contributed by atoms with Gasteiger partial charge in [-0.3, -0.25) is 14.4 Å². The van der Waals surface area contributed by atoms with E-state index in [1.54, 1.807) is 0 Å². The zero-order valence-corrected chi connectivity index (χ0v) is 28.4. The molecule has 6 rings (SSSR count). The molecule has 5 aliphatic carbocycles. The Bertz CT molecular complexity index is 1370. The van der Waals surface area contributed by atoms with Gasteiger partial charge in [-0.1, -0.05) is 77.4 Å². The van der Waals surface area contributed by atoms with Crippen LogP contribution in [0, 0.1) is 56.7 Å². The summed E-state index contributed by atoms with van der Waals surface area (Å²) in [6, 6.07) is 9.95. The molecular weight excluding hydrogens is 546 g/mol. The lowest BCUT2D eigenvalue weighted by molar-refractivity contribution is -0.214. The standard InChI is InChI=1S/C39H55NO4/c1-24-14-17-35(4)20-21-37(6)28(32(35)25(24)2)22-29(42)33-36(5)18-16-31(44-26(3)41)39(8,30(36)15-19-38(33,37)7)34(43)40-23-27-12-10-9-11-13-27/h9-13,22,24-25,30-33H,14-21,23H2,1-8H3,(H,40,43)/t24-,25+,30?,31-,32?,33?,35-,36+,37-,38-,39-/m1/s1. The van der Waals surface area contributed by atoms with E-state index >= 15 is 0 Å². The molecule has 0 aliphatic heterocycles. The monoisotopic (exact) mass is 601 g/mol. The largest absolute Gasteiger partial charge is 0.461 e. The summed E-state index contributed by atoms with van der Waals surface area (Å²) in [6.07, 6.45) is 9.59. The number of allylic oxidation sites excluding steroid dienone is 2. The van der Waals surface area contributed by atoms with Gasteiger partial charge in [-0.15, -0.1) is 0 Å². The van der Waals surface area contributed by atoms with Gasteiger partial charge >= 0.3 is 5.97 Å². The molecule has 240 valence electrons. The van der Waals surface area contributed by atoms with E-state index in [1.165, 1.54) is 31.8 Å². The van der Waals surface area contributed by atoms with Crippen molar-refractivity contribution in [2.75, 3.05) is 0 Å². The fraction of sp³-hybridized carbons (Fsp3) is 0.718. The number of hydrogen-bond acceptors (Lipinski definition) is 4. The minimum absolute atomic E-state index is 0.0479. The first kappa shape index (κ1) is 31.5. The molecule has 1 N–H and O–H groups in total. The Balaban J connectivity index is 1.40. The number of hydrogen-bond donors (Lipinski definition) is 1. The van der Waals surface area contributed by atoms with Gasteiger partial charge in [0.1, 0.15) is 6.10 Å². The molecule has 4 fully saturated rings. The van der Waals surface area contributed by atoms with E-state index in [0.717, 1.165) is 31.2 Å². The second kappa shape index (κ2) is 10.6. The van der Waals surface area contributed by atoms with Crippen molar-refractivity contribution in [2.24, 2.45) is 56.7 Å². The minimum atomic E-state index is -0.932. The first-order valence-corrected chi connectivity index (χ1v) is 17.4. The number of ether oxygens (including phenoxy) is 1. The summed E-state index contributed by atoms with van der Waals surface area (Å²) >= 11 is 0. The molecule has 4 saturated carbocycles. The normalized spacial score (nSPS) is 46.4. The first-order valence-electron chi connectivity index (χ1n) is 17.4. The maximum Gasteiger partial charge on any atom is 0.302 e. The predicted molar refractivity (Wildman–Crippen MR) is 173 cm³/mol. The summed E-state index contributed by atoms with van der Waals surface area (Å²) in [5, 5.41) is 3.23. The Morgan fingerprint density at radius 1 is 0.909 bits per heavy atom. The molecule has 1 aromatic rings. The molecule has 44 heavy (non-hydrogen) atoms. The molecule has 0 heterocycles. The summed E-state index contributed by atoms with van der Waals surface area (Å²) in [4.78, 5) is 41.4. The first-order chi connectivity index (χ1) is 20.6. The van der Waals surface area contributed by atoms with Crippen LogP contribution in [0.4, 0.5) is 0 Å². The SMILES string of the molecule is CC(=O)O[C@@H]1CC[C@@]2(C)C(CC[C@]3(C)C2C(=O)C=C2C4[C@@H](C)[C@H](C)CC[C@]4(C)CC[C@]23C)[C@@]1(C)C(=O)NCc1ccccc1. The summed E-state index contributed by atoms with van der Waals surface area (Å²) in [5.74, 6) is 1.29.